The summed E-state index contributed by atoms with van der Waals surface area (Å²) >= 11 is 0. The number of hydrogen-bond donors (Lipinski definition) is 0. The molecule has 11 aromatic carbocycles. The zero-order valence-electron chi connectivity index (χ0n) is 36.5. The third-order valence-corrected chi connectivity index (χ3v) is 14.5. The quantitative estimate of drug-likeness (QED) is 0.166. The maximum Gasteiger partial charge on any atom is 0.135 e. The van der Waals surface area contributed by atoms with Gasteiger partial charge in [0.2, 0.25) is 0 Å². The molecule has 12 aromatic rings. The van der Waals surface area contributed by atoms with Crippen LogP contribution in [0.2, 0.25) is 0 Å². The number of anilines is 3. The second kappa shape index (κ2) is 14.7. The lowest BCUT2D eigenvalue weighted by Crippen LogP contribution is -2.25. The van der Waals surface area contributed by atoms with Crippen molar-refractivity contribution in [1.82, 2.24) is 0 Å². The van der Waals surface area contributed by atoms with E-state index in [2.05, 4.69) is 241 Å². The van der Waals surface area contributed by atoms with Gasteiger partial charge in [-0.1, -0.05) is 200 Å². The lowest BCUT2D eigenvalue weighted by atomic mass is 9.70. The zero-order chi connectivity index (χ0) is 44.1. The Morgan fingerprint density at radius 3 is 1.51 bits per heavy atom. The van der Waals surface area contributed by atoms with Crippen molar-refractivity contribution in [3.8, 4) is 55.6 Å². The molecular weight excluding hydrogens is 811 g/mol. The number of furan rings is 1. The summed E-state index contributed by atoms with van der Waals surface area (Å²) in [6.07, 6.45) is 0. The fourth-order valence-corrected chi connectivity index (χ4v) is 11.7. The molecule has 2 nitrogen and oxygen atoms in total. The number of rotatable bonds is 6. The zero-order valence-corrected chi connectivity index (χ0v) is 36.5. The van der Waals surface area contributed by atoms with Crippen LogP contribution in [0, 0.1) is 0 Å². The Hall–Kier alpha value is -8.72. The molecule has 0 amide bonds. The molecule has 0 saturated carbocycles. The van der Waals surface area contributed by atoms with Gasteiger partial charge in [-0.3, -0.25) is 0 Å². The Morgan fingerprint density at radius 2 is 0.776 bits per heavy atom. The van der Waals surface area contributed by atoms with E-state index in [9.17, 15) is 0 Å². The van der Waals surface area contributed by atoms with Gasteiger partial charge in [0.05, 0.1) is 11.1 Å². The van der Waals surface area contributed by atoms with Crippen molar-refractivity contribution in [1.29, 1.82) is 0 Å². The Balaban J connectivity index is 0.928. The first kappa shape index (κ1) is 37.6. The molecule has 0 bridgehead atoms. The average molecular weight is 852 g/mol. The number of nitrogens with zero attached hydrogens (tertiary/aromatic N) is 1. The average Bonchev–Trinajstić information content (AvgIpc) is 4.03. The van der Waals surface area contributed by atoms with Crippen LogP contribution < -0.4 is 4.90 Å². The summed E-state index contributed by atoms with van der Waals surface area (Å²) in [5, 5.41) is 4.72. The molecule has 67 heavy (non-hydrogen) atoms. The van der Waals surface area contributed by atoms with E-state index in [0.717, 1.165) is 50.1 Å². The van der Waals surface area contributed by atoms with E-state index < -0.39 is 0 Å². The SMILES string of the molecule is c1ccc(N(c2ccc(-c3cccc4c3-c3ccccc3C43c4ccccc4-c4ccccc43)cc2)c2ccc(-c3cccc4ccccc34)cc2)c(-c2ccc3oc4ccccc4c3c2)c1. The molecule has 0 radical (unpaired) electrons. The second-order valence-corrected chi connectivity index (χ2v) is 17.9. The number of benzene rings is 11. The monoisotopic (exact) mass is 851 g/mol. The fraction of sp³-hybridized carbons (Fsp3) is 0.0154. The highest BCUT2D eigenvalue weighted by Gasteiger charge is 2.52. The van der Waals surface area contributed by atoms with Crippen LogP contribution in [0.3, 0.4) is 0 Å². The lowest BCUT2D eigenvalue weighted by Gasteiger charge is -2.30. The minimum atomic E-state index is -0.389. The highest BCUT2D eigenvalue weighted by molar-refractivity contribution is 6.07. The van der Waals surface area contributed by atoms with Gasteiger partial charge in [-0.15, -0.1) is 0 Å². The molecule has 0 fully saturated rings. The Bertz CT molecular complexity index is 3880. The molecule has 2 heteroatoms. The van der Waals surface area contributed by atoms with Gasteiger partial charge >= 0.3 is 0 Å². The van der Waals surface area contributed by atoms with Crippen molar-refractivity contribution in [2.45, 2.75) is 5.41 Å². The predicted molar refractivity (Wildman–Crippen MR) is 279 cm³/mol. The molecule has 0 saturated heterocycles. The largest absolute Gasteiger partial charge is 0.456 e. The topological polar surface area (TPSA) is 16.4 Å². The van der Waals surface area contributed by atoms with Gasteiger partial charge in [-0.05, 0) is 132 Å². The van der Waals surface area contributed by atoms with Gasteiger partial charge < -0.3 is 9.32 Å². The third kappa shape index (κ3) is 5.51. The maximum atomic E-state index is 6.28. The van der Waals surface area contributed by atoms with Crippen molar-refractivity contribution < 1.29 is 4.42 Å². The number of para-hydroxylation sites is 2. The van der Waals surface area contributed by atoms with Gasteiger partial charge in [0.1, 0.15) is 11.2 Å². The molecule has 0 N–H and O–H groups in total. The second-order valence-electron chi connectivity index (χ2n) is 17.9. The number of fused-ring (bicyclic) bond motifs is 14. The Labute approximate surface area is 389 Å². The molecule has 0 aliphatic heterocycles. The van der Waals surface area contributed by atoms with Crippen LogP contribution >= 0.6 is 0 Å². The van der Waals surface area contributed by atoms with Crippen LogP contribution in [0.1, 0.15) is 22.3 Å². The van der Waals surface area contributed by atoms with E-state index in [0.29, 0.717) is 0 Å². The van der Waals surface area contributed by atoms with E-state index in [1.807, 2.05) is 12.1 Å². The summed E-state index contributed by atoms with van der Waals surface area (Å²) in [7, 11) is 0. The predicted octanol–water partition coefficient (Wildman–Crippen LogP) is 17.6. The van der Waals surface area contributed by atoms with E-state index in [-0.39, 0.29) is 5.41 Å². The molecule has 1 heterocycles. The Morgan fingerprint density at radius 1 is 0.299 bits per heavy atom. The molecule has 1 aromatic heterocycles. The van der Waals surface area contributed by atoms with Crippen molar-refractivity contribution in [3.05, 3.63) is 271 Å². The van der Waals surface area contributed by atoms with E-state index in [1.54, 1.807) is 0 Å². The fourth-order valence-electron chi connectivity index (χ4n) is 11.7. The molecule has 2 aliphatic carbocycles. The van der Waals surface area contributed by atoms with Gasteiger partial charge in [0.15, 0.2) is 0 Å². The molecule has 312 valence electrons. The molecule has 1 spiro atoms. The summed E-state index contributed by atoms with van der Waals surface area (Å²) in [6, 6.07) is 91.3. The molecule has 14 rings (SSSR count). The van der Waals surface area contributed by atoms with Gasteiger partial charge in [-0.2, -0.15) is 0 Å². The molecular formula is C65H41NO. The highest BCUT2D eigenvalue weighted by atomic mass is 16.3. The minimum absolute atomic E-state index is 0.389. The summed E-state index contributed by atoms with van der Waals surface area (Å²) in [6.45, 7) is 0. The third-order valence-electron chi connectivity index (χ3n) is 14.5. The van der Waals surface area contributed by atoms with Gasteiger partial charge in [-0.25, -0.2) is 0 Å². The smallest absolute Gasteiger partial charge is 0.135 e. The lowest BCUT2D eigenvalue weighted by molar-refractivity contribution is 0.669. The summed E-state index contributed by atoms with van der Waals surface area (Å²) < 4.78 is 6.28. The first-order valence-electron chi connectivity index (χ1n) is 23.2. The first-order valence-corrected chi connectivity index (χ1v) is 23.2. The van der Waals surface area contributed by atoms with Crippen LogP contribution in [0.5, 0.6) is 0 Å². The van der Waals surface area contributed by atoms with Crippen LogP contribution in [0.15, 0.2) is 253 Å². The van der Waals surface area contributed by atoms with Crippen LogP contribution in [-0.4, -0.2) is 0 Å². The van der Waals surface area contributed by atoms with Gasteiger partial charge in [0, 0.05) is 27.7 Å². The molecule has 0 unspecified atom stereocenters. The van der Waals surface area contributed by atoms with Crippen molar-refractivity contribution >= 4 is 49.8 Å². The highest BCUT2D eigenvalue weighted by Crippen LogP contribution is 2.64. The van der Waals surface area contributed by atoms with E-state index in [1.165, 1.54) is 77.5 Å². The Kier molecular flexibility index (Phi) is 8.23. The summed E-state index contributed by atoms with van der Waals surface area (Å²) in [5.74, 6) is 0. The summed E-state index contributed by atoms with van der Waals surface area (Å²) in [4.78, 5) is 2.41. The van der Waals surface area contributed by atoms with Crippen molar-refractivity contribution in [2.24, 2.45) is 0 Å². The van der Waals surface area contributed by atoms with Crippen molar-refractivity contribution in [2.75, 3.05) is 4.90 Å². The standard InChI is InChI=1S/C65H41NO/c1-2-17-48-42(15-1)16-13-23-49(48)43-31-36-46(37-32-43)66(61-29-11-6-18-50(61)45-35-40-63-56(41-45)54-21-7-12-30-62(54)67-63)47-38-33-44(34-39-47)51-24-14-28-60-64(51)55-22-5-10-27-59(55)65(60)57-25-8-3-19-52(57)53-20-4-9-26-58(53)65/h1-41H. The van der Waals surface area contributed by atoms with E-state index in [4.69, 9.17) is 4.42 Å². The van der Waals surface area contributed by atoms with Crippen LogP contribution in [0.4, 0.5) is 17.1 Å². The summed E-state index contributed by atoms with van der Waals surface area (Å²) in [5.41, 5.74) is 22.4. The first-order chi connectivity index (χ1) is 33.2. The van der Waals surface area contributed by atoms with Crippen LogP contribution in [-0.2, 0) is 5.41 Å². The number of hydrogen-bond acceptors (Lipinski definition) is 2. The van der Waals surface area contributed by atoms with E-state index >= 15 is 0 Å². The normalized spacial score (nSPS) is 12.9. The maximum absolute atomic E-state index is 6.28. The minimum Gasteiger partial charge on any atom is -0.456 e. The van der Waals surface area contributed by atoms with Crippen LogP contribution in [0.25, 0.3) is 88.3 Å². The molecule has 2 aliphatic rings. The van der Waals surface area contributed by atoms with Crippen molar-refractivity contribution in [3.63, 3.8) is 0 Å². The van der Waals surface area contributed by atoms with Gasteiger partial charge in [0.25, 0.3) is 0 Å². The molecule has 0 atom stereocenters.